The summed E-state index contributed by atoms with van der Waals surface area (Å²) in [5, 5.41) is 2.76. The molecule has 25 heavy (non-hydrogen) atoms. The standard InChI is InChI=1S/C18H28N2O5/c1-7-8-11(4)19-14(21)9-24-18(23)16-12(5)15(13(6)20-16)17(22)25-10(2)3/h10-11,20H,7-9H2,1-6H3,(H,19,21)/t11-/m1/s1. The van der Waals surface area contributed by atoms with Gasteiger partial charge in [0.25, 0.3) is 5.91 Å². The Morgan fingerprint density at radius 2 is 1.76 bits per heavy atom. The van der Waals surface area contributed by atoms with Crippen LogP contribution < -0.4 is 5.32 Å². The van der Waals surface area contributed by atoms with Gasteiger partial charge in [-0.1, -0.05) is 13.3 Å². The van der Waals surface area contributed by atoms with Gasteiger partial charge in [0.2, 0.25) is 0 Å². The molecule has 0 bridgehead atoms. The van der Waals surface area contributed by atoms with Crippen molar-refractivity contribution in [3.8, 4) is 0 Å². The first kappa shape index (κ1) is 20.7. The Morgan fingerprint density at radius 3 is 2.32 bits per heavy atom. The molecule has 1 atom stereocenters. The zero-order valence-corrected chi connectivity index (χ0v) is 15.8. The number of ether oxygens (including phenoxy) is 2. The van der Waals surface area contributed by atoms with Gasteiger partial charge in [0.05, 0.1) is 11.7 Å². The maximum absolute atomic E-state index is 12.2. The molecule has 0 saturated heterocycles. The van der Waals surface area contributed by atoms with Crippen LogP contribution in [0.4, 0.5) is 0 Å². The molecular formula is C18H28N2O5. The van der Waals surface area contributed by atoms with Gasteiger partial charge in [-0.2, -0.15) is 0 Å². The Balaban J connectivity index is 2.74. The second-order valence-electron chi connectivity index (χ2n) is 6.41. The minimum atomic E-state index is -0.678. The fourth-order valence-corrected chi connectivity index (χ4v) is 2.56. The van der Waals surface area contributed by atoms with Gasteiger partial charge in [0.15, 0.2) is 6.61 Å². The van der Waals surface area contributed by atoms with E-state index in [1.807, 2.05) is 13.8 Å². The molecular weight excluding hydrogens is 324 g/mol. The van der Waals surface area contributed by atoms with E-state index < -0.39 is 11.9 Å². The second kappa shape index (κ2) is 9.25. The molecule has 1 aromatic heterocycles. The lowest BCUT2D eigenvalue weighted by atomic mass is 10.1. The molecule has 1 heterocycles. The molecule has 0 unspecified atom stereocenters. The highest BCUT2D eigenvalue weighted by atomic mass is 16.5. The van der Waals surface area contributed by atoms with E-state index >= 15 is 0 Å². The van der Waals surface area contributed by atoms with Crippen LogP contribution >= 0.6 is 0 Å². The minimum absolute atomic E-state index is 0.0306. The molecule has 0 spiro atoms. The maximum atomic E-state index is 12.2. The lowest BCUT2D eigenvalue weighted by molar-refractivity contribution is -0.124. The van der Waals surface area contributed by atoms with Gasteiger partial charge in [0.1, 0.15) is 5.69 Å². The molecule has 0 saturated carbocycles. The van der Waals surface area contributed by atoms with E-state index in [1.54, 1.807) is 27.7 Å². The number of aromatic amines is 1. The van der Waals surface area contributed by atoms with Crippen LogP contribution in [0, 0.1) is 13.8 Å². The average molecular weight is 352 g/mol. The average Bonchev–Trinajstić information content (AvgIpc) is 2.79. The Kier molecular flexibility index (Phi) is 7.67. The zero-order chi connectivity index (χ0) is 19.1. The fourth-order valence-electron chi connectivity index (χ4n) is 2.56. The number of carbonyl (C=O) groups excluding carboxylic acids is 3. The van der Waals surface area contributed by atoms with Crippen molar-refractivity contribution in [2.24, 2.45) is 0 Å². The highest BCUT2D eigenvalue weighted by Crippen LogP contribution is 2.20. The van der Waals surface area contributed by atoms with Gasteiger partial charge in [-0.25, -0.2) is 9.59 Å². The van der Waals surface area contributed by atoms with Crippen LogP contribution in [0.2, 0.25) is 0 Å². The molecule has 0 radical (unpaired) electrons. The number of aromatic nitrogens is 1. The lowest BCUT2D eigenvalue weighted by Gasteiger charge is -2.12. The minimum Gasteiger partial charge on any atom is -0.459 e. The predicted octanol–water partition coefficient (Wildman–Crippen LogP) is 2.66. The SMILES string of the molecule is CCC[C@@H](C)NC(=O)COC(=O)c1[nH]c(C)c(C(=O)OC(C)C)c1C. The van der Waals surface area contributed by atoms with Crippen molar-refractivity contribution in [3.05, 3.63) is 22.5 Å². The number of esters is 2. The van der Waals surface area contributed by atoms with Crippen LogP contribution in [0.25, 0.3) is 0 Å². The number of aryl methyl sites for hydroxylation is 1. The molecule has 1 aromatic rings. The van der Waals surface area contributed by atoms with E-state index in [1.165, 1.54) is 0 Å². The predicted molar refractivity (Wildman–Crippen MR) is 93.6 cm³/mol. The van der Waals surface area contributed by atoms with E-state index in [-0.39, 0.29) is 30.4 Å². The molecule has 0 aromatic carbocycles. The first-order valence-corrected chi connectivity index (χ1v) is 8.53. The summed E-state index contributed by atoms with van der Waals surface area (Å²) < 4.78 is 10.2. The van der Waals surface area contributed by atoms with Crippen molar-refractivity contribution in [1.29, 1.82) is 0 Å². The summed E-state index contributed by atoms with van der Waals surface area (Å²) in [7, 11) is 0. The van der Waals surface area contributed by atoms with Crippen LogP contribution in [0.15, 0.2) is 0 Å². The summed E-state index contributed by atoms with van der Waals surface area (Å²) in [4.78, 5) is 39.0. The molecule has 7 heteroatoms. The van der Waals surface area contributed by atoms with Crippen molar-refractivity contribution >= 4 is 17.8 Å². The molecule has 0 aliphatic heterocycles. The van der Waals surface area contributed by atoms with Crippen molar-refractivity contribution in [1.82, 2.24) is 10.3 Å². The summed E-state index contributed by atoms with van der Waals surface area (Å²) in [6.07, 6.45) is 1.55. The molecule has 1 amide bonds. The summed E-state index contributed by atoms with van der Waals surface area (Å²) in [6.45, 7) is 10.4. The number of H-pyrrole nitrogens is 1. The van der Waals surface area contributed by atoms with Crippen molar-refractivity contribution in [3.63, 3.8) is 0 Å². The Bertz CT molecular complexity index is 634. The highest BCUT2D eigenvalue weighted by Gasteiger charge is 2.24. The third kappa shape index (κ3) is 5.92. The summed E-state index contributed by atoms with van der Waals surface area (Å²) in [5.41, 5.74) is 1.45. The lowest BCUT2D eigenvalue weighted by Crippen LogP contribution is -2.35. The van der Waals surface area contributed by atoms with Gasteiger partial charge in [-0.15, -0.1) is 0 Å². The molecule has 0 fully saturated rings. The second-order valence-corrected chi connectivity index (χ2v) is 6.41. The first-order chi connectivity index (χ1) is 11.7. The number of hydrogen-bond acceptors (Lipinski definition) is 5. The van der Waals surface area contributed by atoms with Gasteiger partial charge in [-0.3, -0.25) is 4.79 Å². The van der Waals surface area contributed by atoms with Crippen molar-refractivity contribution < 1.29 is 23.9 Å². The van der Waals surface area contributed by atoms with E-state index in [9.17, 15) is 14.4 Å². The van der Waals surface area contributed by atoms with E-state index in [4.69, 9.17) is 9.47 Å². The van der Waals surface area contributed by atoms with Crippen molar-refractivity contribution in [2.45, 2.75) is 66.5 Å². The van der Waals surface area contributed by atoms with Crippen molar-refractivity contribution in [2.75, 3.05) is 6.61 Å². The van der Waals surface area contributed by atoms with E-state index in [2.05, 4.69) is 10.3 Å². The Morgan fingerprint density at radius 1 is 1.12 bits per heavy atom. The molecule has 1 rings (SSSR count). The van der Waals surface area contributed by atoms with E-state index in [0.29, 0.717) is 16.8 Å². The van der Waals surface area contributed by atoms with Gasteiger partial charge in [-0.05, 0) is 46.6 Å². The molecule has 0 aliphatic rings. The van der Waals surface area contributed by atoms with Crippen LogP contribution in [-0.2, 0) is 14.3 Å². The summed E-state index contributed by atoms with van der Waals surface area (Å²) in [6, 6.07) is 0.0306. The fraction of sp³-hybridized carbons (Fsp3) is 0.611. The van der Waals surface area contributed by atoms with Crippen LogP contribution in [-0.4, -0.2) is 41.6 Å². The largest absolute Gasteiger partial charge is 0.459 e. The molecule has 7 nitrogen and oxygen atoms in total. The normalized spacial score (nSPS) is 12.0. The summed E-state index contributed by atoms with van der Waals surface area (Å²) >= 11 is 0. The maximum Gasteiger partial charge on any atom is 0.355 e. The monoisotopic (exact) mass is 352 g/mol. The smallest absolute Gasteiger partial charge is 0.355 e. The zero-order valence-electron chi connectivity index (χ0n) is 15.8. The van der Waals surface area contributed by atoms with Crippen LogP contribution in [0.3, 0.4) is 0 Å². The van der Waals surface area contributed by atoms with Crippen LogP contribution in [0.5, 0.6) is 0 Å². The molecule has 0 aliphatic carbocycles. The number of nitrogens with one attached hydrogen (secondary N) is 2. The van der Waals surface area contributed by atoms with Gasteiger partial charge >= 0.3 is 11.9 Å². The topological polar surface area (TPSA) is 97.5 Å². The third-order valence-corrected chi connectivity index (χ3v) is 3.65. The third-order valence-electron chi connectivity index (χ3n) is 3.65. The van der Waals surface area contributed by atoms with E-state index in [0.717, 1.165) is 12.8 Å². The van der Waals surface area contributed by atoms with Gasteiger partial charge in [0, 0.05) is 11.7 Å². The Hall–Kier alpha value is -2.31. The highest BCUT2D eigenvalue weighted by molar-refractivity contribution is 5.99. The van der Waals surface area contributed by atoms with Crippen LogP contribution in [0.1, 0.15) is 72.6 Å². The number of carbonyl (C=O) groups is 3. The number of rotatable bonds is 8. The molecule has 2 N–H and O–H groups in total. The summed E-state index contributed by atoms with van der Waals surface area (Å²) in [5.74, 6) is -1.52. The number of amides is 1. The quantitative estimate of drug-likeness (QED) is 0.701. The number of hydrogen-bond donors (Lipinski definition) is 2. The first-order valence-electron chi connectivity index (χ1n) is 8.53. The molecule has 140 valence electrons. The Labute approximate surface area is 148 Å². The van der Waals surface area contributed by atoms with Gasteiger partial charge < -0.3 is 19.8 Å².